The van der Waals surface area contributed by atoms with Gasteiger partial charge in [-0.05, 0) is 50.8 Å². The van der Waals surface area contributed by atoms with E-state index >= 15 is 0 Å². The van der Waals surface area contributed by atoms with E-state index in [0.717, 1.165) is 36.5 Å². The summed E-state index contributed by atoms with van der Waals surface area (Å²) in [5, 5.41) is 4.39. The number of aryl methyl sites for hydroxylation is 2. The molecular formula is C17H21FN2S. The minimum absolute atomic E-state index is 0.137. The topological polar surface area (TPSA) is 24.9 Å². The average Bonchev–Trinajstić information content (AvgIpc) is 2.92. The monoisotopic (exact) mass is 304 g/mol. The quantitative estimate of drug-likeness (QED) is 0.890. The Kier molecular flexibility index (Phi) is 4.36. The van der Waals surface area contributed by atoms with Crippen LogP contribution in [0.2, 0.25) is 0 Å². The molecule has 0 saturated heterocycles. The molecule has 3 rings (SSSR count). The van der Waals surface area contributed by atoms with Crippen LogP contribution >= 0.6 is 11.3 Å². The number of nitrogens with zero attached hydrogens (tertiary/aromatic N) is 1. The highest BCUT2D eigenvalue weighted by Crippen LogP contribution is 2.38. The van der Waals surface area contributed by atoms with Crippen LogP contribution < -0.4 is 5.32 Å². The molecule has 2 nitrogen and oxygen atoms in total. The Bertz CT molecular complexity index is 636. The van der Waals surface area contributed by atoms with Crippen LogP contribution in [0.3, 0.4) is 0 Å². The lowest BCUT2D eigenvalue weighted by Gasteiger charge is -2.22. The molecule has 0 amide bonds. The highest BCUT2D eigenvalue weighted by Gasteiger charge is 2.25. The van der Waals surface area contributed by atoms with Crippen LogP contribution in [-0.2, 0) is 6.42 Å². The van der Waals surface area contributed by atoms with Crippen LogP contribution in [0.5, 0.6) is 0 Å². The summed E-state index contributed by atoms with van der Waals surface area (Å²) in [4.78, 5) is 6.10. The molecule has 0 aliphatic heterocycles. The lowest BCUT2D eigenvalue weighted by Crippen LogP contribution is -2.25. The van der Waals surface area contributed by atoms with Crippen LogP contribution in [0, 0.1) is 12.7 Å². The van der Waals surface area contributed by atoms with E-state index in [2.05, 4.69) is 12.2 Å². The SMILES string of the molecule is CCCNC1CCCc2sc(-c3cccc(C)c3F)nc21. The average molecular weight is 304 g/mol. The molecule has 0 saturated carbocycles. The molecule has 0 fully saturated rings. The van der Waals surface area contributed by atoms with Crippen LogP contribution in [0.4, 0.5) is 4.39 Å². The van der Waals surface area contributed by atoms with E-state index in [0.29, 0.717) is 17.2 Å². The number of rotatable bonds is 4. The van der Waals surface area contributed by atoms with Crippen molar-refractivity contribution in [2.75, 3.05) is 6.54 Å². The predicted octanol–water partition coefficient (Wildman–Crippen LogP) is 4.63. The first kappa shape index (κ1) is 14.7. The van der Waals surface area contributed by atoms with Crippen LogP contribution in [0.1, 0.15) is 48.4 Å². The van der Waals surface area contributed by atoms with Gasteiger partial charge >= 0.3 is 0 Å². The van der Waals surface area contributed by atoms with Crippen molar-refractivity contribution in [3.63, 3.8) is 0 Å². The van der Waals surface area contributed by atoms with Gasteiger partial charge in [0.25, 0.3) is 0 Å². The molecule has 1 N–H and O–H groups in total. The van der Waals surface area contributed by atoms with Gasteiger partial charge in [0, 0.05) is 10.4 Å². The normalized spacial score (nSPS) is 17.8. The Morgan fingerprint density at radius 2 is 2.29 bits per heavy atom. The Hall–Kier alpha value is -1.26. The van der Waals surface area contributed by atoms with Crippen LogP contribution in [0.15, 0.2) is 18.2 Å². The van der Waals surface area contributed by atoms with Gasteiger partial charge in [-0.1, -0.05) is 19.1 Å². The Labute approximate surface area is 129 Å². The summed E-state index contributed by atoms with van der Waals surface area (Å²) in [5.74, 6) is -0.137. The van der Waals surface area contributed by atoms with Gasteiger partial charge in [-0.2, -0.15) is 0 Å². The number of fused-ring (bicyclic) bond motifs is 1. The first-order chi connectivity index (χ1) is 10.2. The zero-order valence-electron chi connectivity index (χ0n) is 12.6. The third kappa shape index (κ3) is 2.87. The first-order valence-corrected chi connectivity index (χ1v) is 8.50. The second-order valence-corrected chi connectivity index (χ2v) is 6.75. The molecule has 2 aromatic rings. The highest BCUT2D eigenvalue weighted by atomic mass is 32.1. The number of hydrogen-bond acceptors (Lipinski definition) is 3. The molecule has 1 heterocycles. The van der Waals surface area contributed by atoms with E-state index < -0.39 is 0 Å². The smallest absolute Gasteiger partial charge is 0.136 e. The summed E-state index contributed by atoms with van der Waals surface area (Å²) in [6, 6.07) is 5.88. The molecule has 4 heteroatoms. The maximum atomic E-state index is 14.3. The highest BCUT2D eigenvalue weighted by molar-refractivity contribution is 7.15. The minimum atomic E-state index is -0.137. The minimum Gasteiger partial charge on any atom is -0.309 e. The lowest BCUT2D eigenvalue weighted by atomic mass is 9.97. The largest absolute Gasteiger partial charge is 0.309 e. The van der Waals surface area contributed by atoms with Gasteiger partial charge in [0.1, 0.15) is 10.8 Å². The van der Waals surface area contributed by atoms with E-state index in [1.165, 1.54) is 11.3 Å². The van der Waals surface area contributed by atoms with Crippen LogP contribution in [-0.4, -0.2) is 11.5 Å². The number of halogens is 1. The number of aromatic nitrogens is 1. The van der Waals surface area contributed by atoms with Crippen molar-refractivity contribution in [2.45, 2.75) is 45.6 Å². The third-order valence-electron chi connectivity index (χ3n) is 4.02. The summed E-state index contributed by atoms with van der Waals surface area (Å²) in [6.07, 6.45) is 4.51. The molecular weight excluding hydrogens is 283 g/mol. The molecule has 0 spiro atoms. The van der Waals surface area contributed by atoms with E-state index in [1.54, 1.807) is 24.3 Å². The molecule has 21 heavy (non-hydrogen) atoms. The zero-order chi connectivity index (χ0) is 14.8. The van der Waals surface area contributed by atoms with Gasteiger partial charge in [-0.15, -0.1) is 11.3 Å². The number of thiazole rings is 1. The van der Waals surface area contributed by atoms with Crippen molar-refractivity contribution in [1.82, 2.24) is 10.3 Å². The fourth-order valence-electron chi connectivity index (χ4n) is 2.86. The molecule has 1 aliphatic rings. The molecule has 112 valence electrons. The molecule has 0 radical (unpaired) electrons. The van der Waals surface area contributed by atoms with Gasteiger partial charge in [-0.3, -0.25) is 0 Å². The standard InChI is InChI=1S/C17H21FN2S/c1-3-10-19-13-8-5-9-14-16(13)20-17(21-14)12-7-4-6-11(2)15(12)18/h4,6-7,13,19H,3,5,8-10H2,1-2H3. The van der Waals surface area contributed by atoms with Gasteiger partial charge in [0.05, 0.1) is 11.7 Å². The van der Waals surface area contributed by atoms with E-state index in [1.807, 2.05) is 12.1 Å². The van der Waals surface area contributed by atoms with Crippen molar-refractivity contribution < 1.29 is 4.39 Å². The third-order valence-corrected chi connectivity index (χ3v) is 5.18. The fourth-order valence-corrected chi connectivity index (χ4v) is 4.05. The van der Waals surface area contributed by atoms with Crippen molar-refractivity contribution in [2.24, 2.45) is 0 Å². The van der Waals surface area contributed by atoms with Gasteiger partial charge in [-0.25, -0.2) is 9.37 Å². The van der Waals surface area contributed by atoms with E-state index in [4.69, 9.17) is 4.98 Å². The van der Waals surface area contributed by atoms with Crippen molar-refractivity contribution >= 4 is 11.3 Å². The first-order valence-electron chi connectivity index (χ1n) is 7.69. The van der Waals surface area contributed by atoms with E-state index in [9.17, 15) is 4.39 Å². The maximum Gasteiger partial charge on any atom is 0.136 e. The van der Waals surface area contributed by atoms with E-state index in [-0.39, 0.29) is 5.82 Å². The zero-order valence-corrected chi connectivity index (χ0v) is 13.4. The maximum absolute atomic E-state index is 14.3. The summed E-state index contributed by atoms with van der Waals surface area (Å²) in [6.45, 7) is 4.99. The summed E-state index contributed by atoms with van der Waals surface area (Å²) >= 11 is 1.66. The summed E-state index contributed by atoms with van der Waals surface area (Å²) in [7, 11) is 0. The van der Waals surface area contributed by atoms with Crippen molar-refractivity contribution in [3.8, 4) is 10.6 Å². The molecule has 0 bridgehead atoms. The number of nitrogens with one attached hydrogen (secondary N) is 1. The van der Waals surface area contributed by atoms with Crippen molar-refractivity contribution in [3.05, 3.63) is 40.2 Å². The summed E-state index contributed by atoms with van der Waals surface area (Å²) in [5.41, 5.74) is 2.47. The molecule has 1 aromatic carbocycles. The Morgan fingerprint density at radius 1 is 1.43 bits per heavy atom. The number of benzene rings is 1. The lowest BCUT2D eigenvalue weighted by molar-refractivity contribution is 0.454. The van der Waals surface area contributed by atoms with Crippen molar-refractivity contribution in [1.29, 1.82) is 0 Å². The Morgan fingerprint density at radius 3 is 3.10 bits per heavy atom. The second kappa shape index (κ2) is 6.24. The molecule has 1 unspecified atom stereocenters. The van der Waals surface area contributed by atoms with Gasteiger partial charge in [0.15, 0.2) is 0 Å². The van der Waals surface area contributed by atoms with Gasteiger partial charge in [0.2, 0.25) is 0 Å². The molecule has 1 atom stereocenters. The summed E-state index contributed by atoms with van der Waals surface area (Å²) < 4.78 is 14.3. The molecule has 1 aliphatic carbocycles. The predicted molar refractivity (Wildman–Crippen MR) is 86.2 cm³/mol. The van der Waals surface area contributed by atoms with Gasteiger partial charge < -0.3 is 5.32 Å². The number of hydrogen-bond donors (Lipinski definition) is 1. The fraction of sp³-hybridized carbons (Fsp3) is 0.471. The Balaban J connectivity index is 1.96. The van der Waals surface area contributed by atoms with Crippen LogP contribution in [0.25, 0.3) is 10.6 Å². The molecule has 1 aromatic heterocycles. The second-order valence-electron chi connectivity index (χ2n) is 5.66.